The Labute approximate surface area is 168 Å². The third kappa shape index (κ3) is 3.96. The number of fused-ring (bicyclic) bond motifs is 1. The highest BCUT2D eigenvalue weighted by molar-refractivity contribution is 5.97. The fraction of sp³-hybridized carbons (Fsp3) is 0.619. The molecule has 29 heavy (non-hydrogen) atoms. The number of hydrogen-bond donors (Lipinski definition) is 3. The van der Waals surface area contributed by atoms with Crippen molar-refractivity contribution >= 4 is 16.9 Å². The summed E-state index contributed by atoms with van der Waals surface area (Å²) in [6, 6.07) is 2.64. The first-order valence-corrected chi connectivity index (χ1v) is 10.5. The van der Waals surface area contributed by atoms with Crippen molar-refractivity contribution in [3.8, 4) is 0 Å². The number of rotatable bonds is 5. The number of benzene rings is 1. The Bertz CT molecular complexity index is 939. The highest BCUT2D eigenvalue weighted by Crippen LogP contribution is 2.30. The minimum atomic E-state index is -0.637. The van der Waals surface area contributed by atoms with Gasteiger partial charge in [0.1, 0.15) is 5.82 Å². The largest absolute Gasteiger partial charge is 0.392 e. The Morgan fingerprint density at radius 3 is 2.62 bits per heavy atom. The van der Waals surface area contributed by atoms with Crippen LogP contribution in [0.3, 0.4) is 0 Å². The number of aromatic amines is 1. The van der Waals surface area contributed by atoms with Gasteiger partial charge in [-0.3, -0.25) is 9.36 Å². The molecular weight excluding hydrogens is 375 g/mol. The summed E-state index contributed by atoms with van der Waals surface area (Å²) in [5.74, 6) is -0.740. The summed E-state index contributed by atoms with van der Waals surface area (Å²) in [5, 5.41) is 12.9. The first-order chi connectivity index (χ1) is 14.0. The number of aliphatic hydroxyl groups excluding tert-OH is 1. The number of aromatic nitrogens is 2. The van der Waals surface area contributed by atoms with Gasteiger partial charge in [-0.25, -0.2) is 9.18 Å². The molecular formula is C21H29FN4O3. The lowest BCUT2D eigenvalue weighted by Gasteiger charge is -2.34. The van der Waals surface area contributed by atoms with Gasteiger partial charge in [-0.1, -0.05) is 12.8 Å². The molecule has 8 heteroatoms. The van der Waals surface area contributed by atoms with E-state index in [0.29, 0.717) is 23.5 Å². The highest BCUT2D eigenvalue weighted by Gasteiger charge is 2.29. The van der Waals surface area contributed by atoms with Crippen LogP contribution in [0, 0.1) is 11.7 Å². The third-order valence-electron chi connectivity index (χ3n) is 6.59. The molecule has 2 fully saturated rings. The van der Waals surface area contributed by atoms with Crippen LogP contribution < -0.4 is 11.0 Å². The molecule has 1 unspecified atom stereocenters. The van der Waals surface area contributed by atoms with Gasteiger partial charge in [0.2, 0.25) is 0 Å². The van der Waals surface area contributed by atoms with E-state index in [1.54, 1.807) is 4.57 Å². The molecule has 1 aliphatic carbocycles. The minimum absolute atomic E-state index is 0.0265. The van der Waals surface area contributed by atoms with Crippen LogP contribution in [0.2, 0.25) is 0 Å². The van der Waals surface area contributed by atoms with Gasteiger partial charge in [-0.05, 0) is 37.7 Å². The van der Waals surface area contributed by atoms with Crippen molar-refractivity contribution in [2.75, 3.05) is 26.7 Å². The van der Waals surface area contributed by atoms with Crippen LogP contribution in [0.4, 0.5) is 4.39 Å². The van der Waals surface area contributed by atoms with Crippen LogP contribution in [-0.2, 0) is 0 Å². The fourth-order valence-corrected chi connectivity index (χ4v) is 4.93. The number of nitrogens with one attached hydrogen (secondary N) is 2. The maximum atomic E-state index is 14.4. The minimum Gasteiger partial charge on any atom is -0.392 e. The van der Waals surface area contributed by atoms with E-state index < -0.39 is 11.7 Å². The molecule has 0 spiro atoms. The SMILES string of the molecule is CNC(=O)c1cc2[nH]c(=O)n(C3CCN(CC(O)C4CCCC4)CC3)c2cc1F. The van der Waals surface area contributed by atoms with E-state index in [-0.39, 0.29) is 23.4 Å². The zero-order valence-corrected chi connectivity index (χ0v) is 16.8. The Kier molecular flexibility index (Phi) is 5.74. The number of carbonyl (C=O) groups is 1. The van der Waals surface area contributed by atoms with Crippen molar-refractivity contribution in [2.24, 2.45) is 5.92 Å². The predicted molar refractivity (Wildman–Crippen MR) is 109 cm³/mol. The Morgan fingerprint density at radius 1 is 1.28 bits per heavy atom. The molecule has 1 saturated carbocycles. The van der Waals surface area contributed by atoms with Gasteiger partial charge in [-0.2, -0.15) is 0 Å². The molecule has 7 nitrogen and oxygen atoms in total. The average molecular weight is 404 g/mol. The number of imidazole rings is 1. The van der Waals surface area contributed by atoms with Crippen LogP contribution in [0.5, 0.6) is 0 Å². The van der Waals surface area contributed by atoms with E-state index in [1.165, 1.54) is 32.0 Å². The lowest BCUT2D eigenvalue weighted by molar-refractivity contribution is 0.0525. The van der Waals surface area contributed by atoms with Gasteiger partial charge in [0.15, 0.2) is 0 Å². The van der Waals surface area contributed by atoms with Crippen molar-refractivity contribution in [1.29, 1.82) is 0 Å². The molecule has 2 aromatic rings. The van der Waals surface area contributed by atoms with Crippen molar-refractivity contribution in [3.05, 3.63) is 34.0 Å². The number of aliphatic hydroxyl groups is 1. The number of β-amino-alcohol motifs (C(OH)–C–C–N with tert-alkyl or cyclic N) is 1. The fourth-order valence-electron chi connectivity index (χ4n) is 4.93. The second-order valence-corrected chi connectivity index (χ2v) is 8.37. The normalized spacial score (nSPS) is 20.4. The second-order valence-electron chi connectivity index (χ2n) is 8.37. The number of H-pyrrole nitrogens is 1. The maximum Gasteiger partial charge on any atom is 0.326 e. The molecule has 1 aromatic carbocycles. The smallest absolute Gasteiger partial charge is 0.326 e. The highest BCUT2D eigenvalue weighted by atomic mass is 19.1. The Balaban J connectivity index is 1.48. The van der Waals surface area contributed by atoms with E-state index >= 15 is 0 Å². The molecule has 0 bridgehead atoms. The molecule has 0 radical (unpaired) electrons. The molecule has 158 valence electrons. The van der Waals surface area contributed by atoms with Crippen molar-refractivity contribution in [3.63, 3.8) is 0 Å². The Morgan fingerprint density at radius 2 is 1.97 bits per heavy atom. The summed E-state index contributed by atoms with van der Waals surface area (Å²) in [5.41, 5.74) is 0.598. The number of amides is 1. The number of nitrogens with zero attached hydrogens (tertiary/aromatic N) is 2. The van der Waals surface area contributed by atoms with E-state index in [0.717, 1.165) is 38.8 Å². The van der Waals surface area contributed by atoms with Crippen LogP contribution >= 0.6 is 0 Å². The summed E-state index contributed by atoms with van der Waals surface area (Å²) in [7, 11) is 1.44. The first kappa shape index (κ1) is 20.1. The maximum absolute atomic E-state index is 14.4. The van der Waals surface area contributed by atoms with E-state index in [2.05, 4.69) is 15.2 Å². The van der Waals surface area contributed by atoms with Gasteiger partial charge in [0.25, 0.3) is 5.91 Å². The van der Waals surface area contributed by atoms with Crippen LogP contribution in [0.15, 0.2) is 16.9 Å². The number of piperidine rings is 1. The molecule has 1 amide bonds. The van der Waals surface area contributed by atoms with E-state index in [1.807, 2.05) is 0 Å². The van der Waals surface area contributed by atoms with Gasteiger partial charge in [0, 0.05) is 38.8 Å². The number of carbonyl (C=O) groups excluding carboxylic acids is 1. The van der Waals surface area contributed by atoms with Gasteiger partial charge in [0.05, 0.1) is 22.7 Å². The summed E-state index contributed by atoms with van der Waals surface area (Å²) >= 11 is 0. The molecule has 1 aliphatic heterocycles. The Hall–Kier alpha value is -2.19. The molecule has 2 heterocycles. The standard InChI is InChI=1S/C21H29FN4O3/c1-23-20(28)15-10-17-18(11-16(15)22)26(21(29)24-17)14-6-8-25(9-7-14)12-19(27)13-4-2-3-5-13/h10-11,13-14,19,27H,2-9,12H2,1H3,(H,23,28)(H,24,29). The van der Waals surface area contributed by atoms with Crippen LogP contribution in [-0.4, -0.2) is 58.3 Å². The molecule has 1 atom stereocenters. The first-order valence-electron chi connectivity index (χ1n) is 10.5. The zero-order chi connectivity index (χ0) is 20.5. The molecule has 2 aliphatic rings. The van der Waals surface area contributed by atoms with Crippen LogP contribution in [0.25, 0.3) is 11.0 Å². The topological polar surface area (TPSA) is 90.4 Å². The zero-order valence-electron chi connectivity index (χ0n) is 16.8. The van der Waals surface area contributed by atoms with Crippen LogP contribution in [0.1, 0.15) is 54.9 Å². The summed E-state index contributed by atoms with van der Waals surface area (Å²) in [4.78, 5) is 29.4. The molecule has 1 saturated heterocycles. The lowest BCUT2D eigenvalue weighted by Crippen LogP contribution is -2.42. The second kappa shape index (κ2) is 8.28. The predicted octanol–water partition coefficient (Wildman–Crippen LogP) is 2.02. The third-order valence-corrected chi connectivity index (χ3v) is 6.59. The molecule has 4 rings (SSSR count). The van der Waals surface area contributed by atoms with Crippen molar-refractivity contribution in [1.82, 2.24) is 19.8 Å². The van der Waals surface area contributed by atoms with E-state index in [4.69, 9.17) is 0 Å². The number of hydrogen-bond acceptors (Lipinski definition) is 4. The molecule has 3 N–H and O–H groups in total. The summed E-state index contributed by atoms with van der Waals surface area (Å²) < 4.78 is 16.1. The van der Waals surface area contributed by atoms with E-state index in [9.17, 15) is 19.1 Å². The summed E-state index contributed by atoms with van der Waals surface area (Å²) in [6.07, 6.45) is 5.92. The summed E-state index contributed by atoms with van der Waals surface area (Å²) in [6.45, 7) is 2.28. The average Bonchev–Trinajstić information content (AvgIpc) is 3.35. The lowest BCUT2D eigenvalue weighted by atomic mass is 9.98. The van der Waals surface area contributed by atoms with Gasteiger partial charge < -0.3 is 20.3 Å². The van der Waals surface area contributed by atoms with Gasteiger partial charge in [-0.15, -0.1) is 0 Å². The number of halogens is 1. The number of likely N-dealkylation sites (tertiary alicyclic amines) is 1. The van der Waals surface area contributed by atoms with Crippen molar-refractivity contribution in [2.45, 2.75) is 50.7 Å². The quantitative estimate of drug-likeness (QED) is 0.711. The van der Waals surface area contributed by atoms with Crippen molar-refractivity contribution < 1.29 is 14.3 Å². The molecule has 1 aromatic heterocycles. The monoisotopic (exact) mass is 404 g/mol. The van der Waals surface area contributed by atoms with Gasteiger partial charge >= 0.3 is 5.69 Å².